The summed E-state index contributed by atoms with van der Waals surface area (Å²) in [6.45, 7) is 2.02. The molecule has 0 aromatic heterocycles. The van der Waals surface area contributed by atoms with Crippen molar-refractivity contribution in [3.05, 3.63) is 65.0 Å². The molecular formula is C18H23FN2. The Kier molecular flexibility index (Phi) is 4.97. The average molecular weight is 286 g/mol. The first kappa shape index (κ1) is 15.5. The Morgan fingerprint density at radius 2 is 1.76 bits per heavy atom. The first-order chi connectivity index (χ1) is 10.0. The van der Waals surface area contributed by atoms with E-state index >= 15 is 0 Å². The Bertz CT molecular complexity index is 591. The fourth-order valence-corrected chi connectivity index (χ4v) is 2.47. The predicted octanol–water partition coefficient (Wildman–Crippen LogP) is 3.70. The van der Waals surface area contributed by atoms with Crippen molar-refractivity contribution in [3.63, 3.8) is 0 Å². The van der Waals surface area contributed by atoms with Gasteiger partial charge in [-0.3, -0.25) is 0 Å². The van der Waals surface area contributed by atoms with E-state index in [-0.39, 0.29) is 11.9 Å². The lowest BCUT2D eigenvalue weighted by molar-refractivity contribution is 0.582. The van der Waals surface area contributed by atoms with Crippen LogP contribution in [0.2, 0.25) is 0 Å². The van der Waals surface area contributed by atoms with Crippen LogP contribution in [0.15, 0.2) is 42.5 Å². The molecule has 1 unspecified atom stereocenters. The van der Waals surface area contributed by atoms with Crippen molar-refractivity contribution < 1.29 is 4.39 Å². The van der Waals surface area contributed by atoms with Crippen LogP contribution in [0, 0.1) is 12.7 Å². The SMILES string of the molecule is CNC(Cc1cc(F)ccc1C)c1ccc(N(C)C)cc1. The fourth-order valence-electron chi connectivity index (χ4n) is 2.47. The highest BCUT2D eigenvalue weighted by Crippen LogP contribution is 2.23. The van der Waals surface area contributed by atoms with E-state index in [9.17, 15) is 4.39 Å². The molecular weight excluding hydrogens is 263 g/mol. The van der Waals surface area contributed by atoms with Crippen molar-refractivity contribution in [3.8, 4) is 0 Å². The standard InChI is InChI=1S/C18H23FN2/c1-13-5-8-16(19)11-15(13)12-18(20-2)14-6-9-17(10-7-14)21(3)4/h5-11,18,20H,12H2,1-4H3. The van der Waals surface area contributed by atoms with Crippen LogP contribution in [0.1, 0.15) is 22.7 Å². The van der Waals surface area contributed by atoms with Gasteiger partial charge in [-0.25, -0.2) is 4.39 Å². The minimum atomic E-state index is -0.173. The number of hydrogen-bond donors (Lipinski definition) is 1. The van der Waals surface area contributed by atoms with Gasteiger partial charge in [0.25, 0.3) is 0 Å². The van der Waals surface area contributed by atoms with Gasteiger partial charge in [-0.15, -0.1) is 0 Å². The van der Waals surface area contributed by atoms with E-state index in [2.05, 4.69) is 34.5 Å². The molecule has 2 aromatic rings. The lowest BCUT2D eigenvalue weighted by atomic mass is 9.96. The zero-order valence-corrected chi connectivity index (χ0v) is 13.2. The summed E-state index contributed by atoms with van der Waals surface area (Å²) in [5.74, 6) is -0.173. The van der Waals surface area contributed by atoms with Crippen molar-refractivity contribution in [2.24, 2.45) is 0 Å². The molecule has 2 nitrogen and oxygen atoms in total. The summed E-state index contributed by atoms with van der Waals surface area (Å²) in [4.78, 5) is 2.08. The van der Waals surface area contributed by atoms with E-state index in [4.69, 9.17) is 0 Å². The Labute approximate surface area is 126 Å². The topological polar surface area (TPSA) is 15.3 Å². The Morgan fingerprint density at radius 3 is 2.33 bits per heavy atom. The van der Waals surface area contributed by atoms with Crippen molar-refractivity contribution >= 4 is 5.69 Å². The molecule has 112 valence electrons. The Balaban J connectivity index is 2.21. The molecule has 3 heteroatoms. The van der Waals surface area contributed by atoms with Gasteiger partial charge >= 0.3 is 0 Å². The number of aryl methyl sites for hydroxylation is 1. The molecule has 2 aromatic carbocycles. The summed E-state index contributed by atoms with van der Waals surface area (Å²) in [7, 11) is 6.00. The summed E-state index contributed by atoms with van der Waals surface area (Å²) in [6, 6.07) is 13.6. The first-order valence-electron chi connectivity index (χ1n) is 7.21. The molecule has 0 aliphatic rings. The number of hydrogen-bond acceptors (Lipinski definition) is 2. The monoisotopic (exact) mass is 286 g/mol. The summed E-state index contributed by atoms with van der Waals surface area (Å²) in [5, 5.41) is 3.33. The summed E-state index contributed by atoms with van der Waals surface area (Å²) < 4.78 is 13.4. The Hall–Kier alpha value is -1.87. The molecule has 0 fully saturated rings. The van der Waals surface area contributed by atoms with Crippen LogP contribution in [-0.4, -0.2) is 21.1 Å². The number of anilines is 1. The normalized spacial score (nSPS) is 12.2. The largest absolute Gasteiger partial charge is 0.378 e. The lowest BCUT2D eigenvalue weighted by Crippen LogP contribution is -2.19. The van der Waals surface area contributed by atoms with Gasteiger partial charge < -0.3 is 10.2 Å². The van der Waals surface area contributed by atoms with Crippen molar-refractivity contribution in [1.82, 2.24) is 5.32 Å². The maximum absolute atomic E-state index is 13.4. The van der Waals surface area contributed by atoms with Crippen LogP contribution in [0.5, 0.6) is 0 Å². The van der Waals surface area contributed by atoms with Crippen LogP contribution in [0.3, 0.4) is 0 Å². The molecule has 1 N–H and O–H groups in total. The number of nitrogens with one attached hydrogen (secondary N) is 1. The smallest absolute Gasteiger partial charge is 0.123 e. The summed E-state index contributed by atoms with van der Waals surface area (Å²) in [6.07, 6.45) is 0.779. The zero-order valence-electron chi connectivity index (χ0n) is 13.2. The molecule has 0 aliphatic carbocycles. The molecule has 0 heterocycles. The van der Waals surface area contributed by atoms with Gasteiger partial charge in [0.15, 0.2) is 0 Å². The van der Waals surface area contributed by atoms with Crippen LogP contribution in [0.4, 0.5) is 10.1 Å². The maximum atomic E-state index is 13.4. The zero-order chi connectivity index (χ0) is 15.4. The quantitative estimate of drug-likeness (QED) is 0.901. The van der Waals surface area contributed by atoms with Gasteiger partial charge in [0, 0.05) is 25.8 Å². The van der Waals surface area contributed by atoms with Crippen molar-refractivity contribution in [2.75, 3.05) is 26.0 Å². The minimum Gasteiger partial charge on any atom is -0.378 e. The molecule has 0 bridgehead atoms. The number of rotatable bonds is 5. The van der Waals surface area contributed by atoms with Gasteiger partial charge in [0.05, 0.1) is 0 Å². The molecule has 0 amide bonds. The molecule has 1 atom stereocenters. The predicted molar refractivity (Wildman–Crippen MR) is 87.4 cm³/mol. The van der Waals surface area contributed by atoms with Crippen LogP contribution in [-0.2, 0) is 6.42 Å². The second-order valence-corrected chi connectivity index (χ2v) is 5.60. The summed E-state index contributed by atoms with van der Waals surface area (Å²) in [5.41, 5.74) is 4.56. The number of likely N-dealkylation sites (N-methyl/N-ethyl adjacent to an activating group) is 1. The van der Waals surface area contributed by atoms with Crippen molar-refractivity contribution in [2.45, 2.75) is 19.4 Å². The molecule has 0 saturated carbocycles. The molecule has 21 heavy (non-hydrogen) atoms. The van der Waals surface area contributed by atoms with Crippen LogP contribution < -0.4 is 10.2 Å². The molecule has 0 saturated heterocycles. The third kappa shape index (κ3) is 3.82. The Morgan fingerprint density at radius 1 is 1.10 bits per heavy atom. The van der Waals surface area contributed by atoms with Crippen LogP contribution >= 0.6 is 0 Å². The van der Waals surface area contributed by atoms with E-state index in [0.717, 1.165) is 17.5 Å². The molecule has 0 spiro atoms. The molecule has 0 radical (unpaired) electrons. The van der Waals surface area contributed by atoms with Gasteiger partial charge in [0.1, 0.15) is 5.82 Å². The first-order valence-corrected chi connectivity index (χ1v) is 7.21. The van der Waals surface area contributed by atoms with E-state index in [1.54, 1.807) is 6.07 Å². The number of nitrogens with zero attached hydrogens (tertiary/aromatic N) is 1. The van der Waals surface area contributed by atoms with Gasteiger partial charge in [-0.05, 0) is 61.3 Å². The minimum absolute atomic E-state index is 0.173. The van der Waals surface area contributed by atoms with E-state index in [0.29, 0.717) is 0 Å². The van der Waals surface area contributed by atoms with Gasteiger partial charge in [-0.2, -0.15) is 0 Å². The molecule has 2 rings (SSSR count). The third-order valence-corrected chi connectivity index (χ3v) is 3.90. The van der Waals surface area contributed by atoms with E-state index in [1.807, 2.05) is 34.1 Å². The van der Waals surface area contributed by atoms with E-state index < -0.39 is 0 Å². The third-order valence-electron chi connectivity index (χ3n) is 3.90. The fraction of sp³-hybridized carbons (Fsp3) is 0.333. The number of benzene rings is 2. The van der Waals surface area contributed by atoms with Crippen LogP contribution in [0.25, 0.3) is 0 Å². The van der Waals surface area contributed by atoms with Gasteiger partial charge in [0.2, 0.25) is 0 Å². The highest BCUT2D eigenvalue weighted by molar-refractivity contribution is 5.46. The summed E-state index contributed by atoms with van der Waals surface area (Å²) >= 11 is 0. The maximum Gasteiger partial charge on any atom is 0.123 e. The van der Waals surface area contributed by atoms with Crippen molar-refractivity contribution in [1.29, 1.82) is 0 Å². The van der Waals surface area contributed by atoms with Gasteiger partial charge in [-0.1, -0.05) is 18.2 Å². The van der Waals surface area contributed by atoms with E-state index in [1.165, 1.54) is 17.3 Å². The highest BCUT2D eigenvalue weighted by atomic mass is 19.1. The average Bonchev–Trinajstić information content (AvgIpc) is 2.48. The number of halogens is 1. The second-order valence-electron chi connectivity index (χ2n) is 5.60. The highest BCUT2D eigenvalue weighted by Gasteiger charge is 2.12. The lowest BCUT2D eigenvalue weighted by Gasteiger charge is -2.20. The molecule has 0 aliphatic heterocycles. The second kappa shape index (κ2) is 6.72.